The second-order valence-electron chi connectivity index (χ2n) is 4.98. The fraction of sp³-hybridized carbons (Fsp3) is 0.111. The Bertz CT molecular complexity index is 713. The van der Waals surface area contributed by atoms with Gasteiger partial charge in [0.15, 0.2) is 0 Å². The fourth-order valence-electron chi connectivity index (χ4n) is 3.12. The molecule has 3 aromatic carbocycles. The average Bonchev–Trinajstić information content (AvgIpc) is 2.86. The van der Waals surface area contributed by atoms with E-state index in [0.29, 0.717) is 0 Å². The summed E-state index contributed by atoms with van der Waals surface area (Å²) in [6.07, 6.45) is 2.40. The first-order chi connectivity index (χ1) is 8.93. The lowest BCUT2D eigenvalue weighted by atomic mass is 9.95. The largest absolute Gasteiger partial charge is 0.0622 e. The van der Waals surface area contributed by atoms with Crippen molar-refractivity contribution in [1.82, 2.24) is 0 Å². The minimum absolute atomic E-state index is 1.20. The van der Waals surface area contributed by atoms with Crippen LogP contribution in [0, 0.1) is 0 Å². The summed E-state index contributed by atoms with van der Waals surface area (Å²) in [6.45, 7) is 0. The summed E-state index contributed by atoms with van der Waals surface area (Å²) in [5.74, 6) is 0. The minimum atomic E-state index is 1.20. The molecule has 0 aliphatic heterocycles. The van der Waals surface area contributed by atoms with Crippen LogP contribution >= 0.6 is 0 Å². The maximum absolute atomic E-state index is 2.31. The summed E-state index contributed by atoms with van der Waals surface area (Å²) in [4.78, 5) is 0. The molecule has 0 heterocycles. The summed E-state index contributed by atoms with van der Waals surface area (Å²) in [6, 6.07) is 22.0. The maximum atomic E-state index is 2.31. The molecule has 0 saturated carbocycles. The molecule has 0 aromatic heterocycles. The predicted octanol–water partition coefficient (Wildman–Crippen LogP) is 4.61. The van der Waals surface area contributed by atoms with Crippen LogP contribution in [0.25, 0.3) is 21.9 Å². The Morgan fingerprint density at radius 2 is 1.39 bits per heavy atom. The van der Waals surface area contributed by atoms with Crippen molar-refractivity contribution in [2.24, 2.45) is 0 Å². The Morgan fingerprint density at radius 1 is 0.611 bits per heavy atom. The molecular formula is C18H14. The van der Waals surface area contributed by atoms with Gasteiger partial charge in [0.05, 0.1) is 0 Å². The molecule has 0 saturated heterocycles. The molecule has 86 valence electrons. The third-order valence-corrected chi connectivity index (χ3v) is 3.96. The van der Waals surface area contributed by atoms with Crippen molar-refractivity contribution >= 4 is 10.8 Å². The van der Waals surface area contributed by atoms with Crippen molar-refractivity contribution < 1.29 is 0 Å². The highest BCUT2D eigenvalue weighted by Crippen LogP contribution is 2.36. The Morgan fingerprint density at radius 3 is 2.22 bits per heavy atom. The molecule has 0 unspecified atom stereocenters. The van der Waals surface area contributed by atoms with E-state index in [1.54, 1.807) is 0 Å². The number of aryl methyl sites for hydroxylation is 2. The smallest absolute Gasteiger partial charge is 0.00999 e. The zero-order chi connectivity index (χ0) is 11.9. The van der Waals surface area contributed by atoms with Gasteiger partial charge in [0, 0.05) is 0 Å². The molecule has 4 rings (SSSR count). The quantitative estimate of drug-likeness (QED) is 0.573. The lowest BCUT2D eigenvalue weighted by molar-refractivity contribution is 1.02. The molecule has 3 aromatic rings. The van der Waals surface area contributed by atoms with Crippen molar-refractivity contribution in [3.63, 3.8) is 0 Å². The summed E-state index contributed by atoms with van der Waals surface area (Å²) >= 11 is 0. The summed E-state index contributed by atoms with van der Waals surface area (Å²) in [7, 11) is 0. The molecule has 0 spiro atoms. The molecular weight excluding hydrogens is 216 g/mol. The van der Waals surface area contributed by atoms with Crippen LogP contribution in [-0.2, 0) is 12.8 Å². The van der Waals surface area contributed by atoms with Gasteiger partial charge in [-0.1, -0.05) is 60.7 Å². The molecule has 0 atom stereocenters. The third-order valence-electron chi connectivity index (χ3n) is 3.96. The Hall–Kier alpha value is -2.08. The molecule has 1 aliphatic carbocycles. The molecule has 18 heavy (non-hydrogen) atoms. The topological polar surface area (TPSA) is 0 Å². The van der Waals surface area contributed by atoms with Crippen LogP contribution in [0.5, 0.6) is 0 Å². The van der Waals surface area contributed by atoms with E-state index in [4.69, 9.17) is 0 Å². The van der Waals surface area contributed by atoms with E-state index in [1.807, 2.05) is 0 Å². The zero-order valence-corrected chi connectivity index (χ0v) is 10.2. The van der Waals surface area contributed by atoms with E-state index >= 15 is 0 Å². The van der Waals surface area contributed by atoms with Crippen LogP contribution in [-0.4, -0.2) is 0 Å². The van der Waals surface area contributed by atoms with Gasteiger partial charge in [0.2, 0.25) is 0 Å². The van der Waals surface area contributed by atoms with Crippen molar-refractivity contribution in [3.8, 4) is 11.1 Å². The van der Waals surface area contributed by atoms with Gasteiger partial charge >= 0.3 is 0 Å². The van der Waals surface area contributed by atoms with Gasteiger partial charge in [-0.05, 0) is 45.9 Å². The van der Waals surface area contributed by atoms with Gasteiger partial charge < -0.3 is 0 Å². The second-order valence-corrected chi connectivity index (χ2v) is 4.98. The van der Waals surface area contributed by atoms with Gasteiger partial charge in [-0.15, -0.1) is 0 Å². The van der Waals surface area contributed by atoms with E-state index in [1.165, 1.54) is 45.9 Å². The van der Waals surface area contributed by atoms with Crippen LogP contribution in [0.2, 0.25) is 0 Å². The molecule has 0 bridgehead atoms. The highest BCUT2D eigenvalue weighted by atomic mass is 14.2. The van der Waals surface area contributed by atoms with Crippen LogP contribution in [0.1, 0.15) is 11.1 Å². The first-order valence-corrected chi connectivity index (χ1v) is 6.52. The Kier molecular flexibility index (Phi) is 2.04. The van der Waals surface area contributed by atoms with Gasteiger partial charge in [0.25, 0.3) is 0 Å². The average molecular weight is 230 g/mol. The monoisotopic (exact) mass is 230 g/mol. The standard InChI is InChI=1S/C18H14/c1-2-5-13(6-3-1)16-12-11-15-10-9-14-7-4-8-17(16)18(14)15/h1-8,11-12H,9-10H2. The molecule has 0 N–H and O–H groups in total. The molecule has 0 nitrogen and oxygen atoms in total. The van der Waals surface area contributed by atoms with E-state index in [-0.39, 0.29) is 0 Å². The molecule has 0 fully saturated rings. The van der Waals surface area contributed by atoms with Crippen molar-refractivity contribution in [3.05, 3.63) is 71.8 Å². The molecule has 0 radical (unpaired) electrons. The van der Waals surface area contributed by atoms with Gasteiger partial charge in [-0.25, -0.2) is 0 Å². The number of hydrogen-bond donors (Lipinski definition) is 0. The van der Waals surface area contributed by atoms with Crippen molar-refractivity contribution in [2.75, 3.05) is 0 Å². The molecule has 0 amide bonds. The zero-order valence-electron chi connectivity index (χ0n) is 10.2. The maximum Gasteiger partial charge on any atom is -0.00999 e. The first kappa shape index (κ1) is 9.90. The summed E-state index contributed by atoms with van der Waals surface area (Å²) < 4.78 is 0. The van der Waals surface area contributed by atoms with E-state index in [2.05, 4.69) is 60.7 Å². The van der Waals surface area contributed by atoms with Gasteiger partial charge in [-0.3, -0.25) is 0 Å². The first-order valence-electron chi connectivity index (χ1n) is 6.52. The second kappa shape index (κ2) is 3.71. The number of hydrogen-bond acceptors (Lipinski definition) is 0. The predicted molar refractivity (Wildman–Crippen MR) is 76.8 cm³/mol. The van der Waals surface area contributed by atoms with Crippen LogP contribution in [0.3, 0.4) is 0 Å². The fourth-order valence-corrected chi connectivity index (χ4v) is 3.12. The van der Waals surface area contributed by atoms with Crippen molar-refractivity contribution in [2.45, 2.75) is 12.8 Å². The Labute approximate surface area is 107 Å². The highest BCUT2D eigenvalue weighted by Gasteiger charge is 2.15. The normalized spacial score (nSPS) is 13.1. The highest BCUT2D eigenvalue weighted by molar-refractivity contribution is 6.01. The van der Waals surface area contributed by atoms with E-state index < -0.39 is 0 Å². The van der Waals surface area contributed by atoms with E-state index in [9.17, 15) is 0 Å². The minimum Gasteiger partial charge on any atom is -0.0622 e. The summed E-state index contributed by atoms with van der Waals surface area (Å²) in [5.41, 5.74) is 5.70. The molecule has 1 aliphatic rings. The van der Waals surface area contributed by atoms with E-state index in [0.717, 1.165) is 0 Å². The van der Waals surface area contributed by atoms with Crippen molar-refractivity contribution in [1.29, 1.82) is 0 Å². The van der Waals surface area contributed by atoms with Gasteiger partial charge in [0.1, 0.15) is 0 Å². The number of rotatable bonds is 1. The lowest BCUT2D eigenvalue weighted by Crippen LogP contribution is -1.84. The van der Waals surface area contributed by atoms with Crippen LogP contribution < -0.4 is 0 Å². The number of benzene rings is 3. The third kappa shape index (κ3) is 1.32. The van der Waals surface area contributed by atoms with Gasteiger partial charge in [-0.2, -0.15) is 0 Å². The summed E-state index contributed by atoms with van der Waals surface area (Å²) in [5, 5.41) is 2.91. The Balaban J connectivity index is 2.10. The lowest BCUT2D eigenvalue weighted by Gasteiger charge is -2.09. The van der Waals surface area contributed by atoms with Crippen LogP contribution in [0.15, 0.2) is 60.7 Å². The SMILES string of the molecule is c1ccc(-c2ccc3c4c(cccc24)CC3)cc1. The molecule has 0 heteroatoms. The van der Waals surface area contributed by atoms with Crippen LogP contribution in [0.4, 0.5) is 0 Å².